The summed E-state index contributed by atoms with van der Waals surface area (Å²) in [5, 5.41) is 20.8. The number of anilines is 1. The molecule has 5 heterocycles. The first-order chi connectivity index (χ1) is 14.1. The fourth-order valence-electron chi connectivity index (χ4n) is 4.31. The minimum atomic E-state index is -0.990. The van der Waals surface area contributed by atoms with Crippen LogP contribution >= 0.6 is 0 Å². The Bertz CT molecular complexity index is 1100. The van der Waals surface area contributed by atoms with Crippen LogP contribution in [0.3, 0.4) is 0 Å². The highest BCUT2D eigenvalue weighted by atomic mass is 16.4. The predicted octanol–water partition coefficient (Wildman–Crippen LogP) is 1.57. The summed E-state index contributed by atoms with van der Waals surface area (Å²) in [6, 6.07) is 3.91. The van der Waals surface area contributed by atoms with E-state index in [1.165, 1.54) is 19.0 Å². The number of aromatic carboxylic acids is 1. The highest BCUT2D eigenvalue weighted by molar-refractivity contribution is 6.01. The van der Waals surface area contributed by atoms with Gasteiger partial charge in [-0.15, -0.1) is 0 Å². The Hall–Kier alpha value is -3.36. The number of carboxylic acid groups (broad SMARTS) is 1. The van der Waals surface area contributed by atoms with Crippen LogP contribution in [0.25, 0.3) is 5.52 Å². The van der Waals surface area contributed by atoms with Crippen molar-refractivity contribution in [2.24, 2.45) is 0 Å². The van der Waals surface area contributed by atoms with E-state index < -0.39 is 5.97 Å². The number of fused-ring (bicyclic) bond motifs is 2. The van der Waals surface area contributed by atoms with Crippen molar-refractivity contribution in [2.45, 2.75) is 38.3 Å². The fraction of sp³-hybridized carbons (Fsp3) is 0.400. The van der Waals surface area contributed by atoms with Crippen LogP contribution in [0.2, 0.25) is 0 Å². The molecule has 0 aromatic carbocycles. The summed E-state index contributed by atoms with van der Waals surface area (Å²) in [4.78, 5) is 26.7. The van der Waals surface area contributed by atoms with Crippen molar-refractivity contribution in [1.82, 2.24) is 24.7 Å². The van der Waals surface area contributed by atoms with Gasteiger partial charge in [-0.25, -0.2) is 9.31 Å². The van der Waals surface area contributed by atoms with Gasteiger partial charge in [0.25, 0.3) is 5.91 Å². The first-order valence-corrected chi connectivity index (χ1v) is 9.91. The molecule has 9 nitrogen and oxygen atoms in total. The van der Waals surface area contributed by atoms with E-state index in [2.05, 4.69) is 20.4 Å². The maximum atomic E-state index is 13.0. The number of hydrogen-bond acceptors (Lipinski definition) is 5. The van der Waals surface area contributed by atoms with Gasteiger partial charge in [0.2, 0.25) is 0 Å². The third kappa shape index (κ3) is 3.12. The van der Waals surface area contributed by atoms with Crippen LogP contribution in [0.5, 0.6) is 0 Å². The second kappa shape index (κ2) is 6.91. The Kier molecular flexibility index (Phi) is 4.22. The van der Waals surface area contributed by atoms with E-state index in [0.29, 0.717) is 30.6 Å². The fourth-order valence-corrected chi connectivity index (χ4v) is 4.31. The van der Waals surface area contributed by atoms with Crippen LogP contribution in [0.1, 0.15) is 45.7 Å². The largest absolute Gasteiger partial charge is 0.478 e. The quantitative estimate of drug-likeness (QED) is 0.696. The third-order valence-electron chi connectivity index (χ3n) is 5.86. The molecule has 1 atom stereocenters. The van der Waals surface area contributed by atoms with Gasteiger partial charge in [-0.2, -0.15) is 10.2 Å². The number of carbonyl (C=O) groups is 2. The maximum Gasteiger partial charge on any atom is 0.339 e. The number of carbonyl (C=O) groups excluding carboxylic acids is 1. The molecule has 3 aromatic heterocycles. The molecule has 0 saturated carbocycles. The molecule has 3 aromatic rings. The van der Waals surface area contributed by atoms with Gasteiger partial charge < -0.3 is 15.3 Å². The summed E-state index contributed by atoms with van der Waals surface area (Å²) in [7, 11) is 0. The summed E-state index contributed by atoms with van der Waals surface area (Å²) in [5.41, 5.74) is 3.28. The minimum Gasteiger partial charge on any atom is -0.478 e. The van der Waals surface area contributed by atoms with Crippen LogP contribution in [-0.4, -0.2) is 55.5 Å². The lowest BCUT2D eigenvalue weighted by Gasteiger charge is -2.24. The second-order valence-electron chi connectivity index (χ2n) is 7.66. The topological polar surface area (TPSA) is 105 Å². The Morgan fingerprint density at radius 1 is 1.10 bits per heavy atom. The van der Waals surface area contributed by atoms with Gasteiger partial charge in [-0.1, -0.05) is 0 Å². The lowest BCUT2D eigenvalue weighted by molar-refractivity contribution is 0.0695. The second-order valence-corrected chi connectivity index (χ2v) is 7.66. The van der Waals surface area contributed by atoms with Crippen LogP contribution in [0.15, 0.2) is 30.7 Å². The van der Waals surface area contributed by atoms with Gasteiger partial charge in [-0.05, 0) is 31.4 Å². The molecule has 2 N–H and O–H groups in total. The van der Waals surface area contributed by atoms with E-state index in [4.69, 9.17) is 0 Å². The summed E-state index contributed by atoms with van der Waals surface area (Å²) >= 11 is 0. The van der Waals surface area contributed by atoms with Gasteiger partial charge >= 0.3 is 5.97 Å². The molecule has 1 unspecified atom stereocenters. The minimum absolute atomic E-state index is 0.137. The van der Waals surface area contributed by atoms with E-state index in [9.17, 15) is 14.7 Å². The molecule has 1 amide bonds. The summed E-state index contributed by atoms with van der Waals surface area (Å²) in [6.45, 7) is 2.66. The number of aromatic nitrogens is 4. The average molecular weight is 394 g/mol. The summed E-state index contributed by atoms with van der Waals surface area (Å²) in [5.74, 6) is -1.18. The molecule has 0 aliphatic carbocycles. The number of hydrogen-bond donors (Lipinski definition) is 2. The van der Waals surface area contributed by atoms with Crippen LogP contribution < -0.4 is 10.2 Å². The Morgan fingerprint density at radius 2 is 1.90 bits per heavy atom. The zero-order valence-electron chi connectivity index (χ0n) is 15.9. The highest BCUT2D eigenvalue weighted by Crippen LogP contribution is 2.24. The monoisotopic (exact) mass is 394 g/mol. The van der Waals surface area contributed by atoms with Crippen molar-refractivity contribution in [1.29, 1.82) is 0 Å². The van der Waals surface area contributed by atoms with E-state index in [1.54, 1.807) is 15.4 Å². The number of aryl methyl sites for hydroxylation is 1. The summed E-state index contributed by atoms with van der Waals surface area (Å²) in [6.07, 6.45) is 8.39. The van der Waals surface area contributed by atoms with Gasteiger partial charge in [0, 0.05) is 44.0 Å². The molecule has 0 bridgehead atoms. The Morgan fingerprint density at radius 3 is 2.69 bits per heavy atom. The molecule has 1 fully saturated rings. The number of nitrogens with zero attached hydrogens (tertiary/aromatic N) is 5. The summed E-state index contributed by atoms with van der Waals surface area (Å²) < 4.78 is 3.43. The van der Waals surface area contributed by atoms with Crippen LogP contribution in [0, 0.1) is 0 Å². The zero-order valence-corrected chi connectivity index (χ0v) is 15.9. The molecule has 2 aliphatic heterocycles. The smallest absolute Gasteiger partial charge is 0.339 e. The van der Waals surface area contributed by atoms with Crippen molar-refractivity contribution in [3.05, 3.63) is 47.5 Å². The van der Waals surface area contributed by atoms with Crippen molar-refractivity contribution in [2.75, 3.05) is 18.0 Å². The van der Waals surface area contributed by atoms with E-state index >= 15 is 0 Å². The van der Waals surface area contributed by atoms with Crippen molar-refractivity contribution >= 4 is 23.1 Å². The SMILES string of the molecule is O=C(O)c1cnn2c1CC(NC(=O)c1cnn3ccc(N4CCCC4)cc13)CC2. The predicted molar refractivity (Wildman–Crippen MR) is 105 cm³/mol. The van der Waals surface area contributed by atoms with Gasteiger partial charge in [-0.3, -0.25) is 9.48 Å². The molecule has 0 radical (unpaired) electrons. The van der Waals surface area contributed by atoms with E-state index in [0.717, 1.165) is 24.3 Å². The number of pyridine rings is 1. The molecule has 9 heteroatoms. The first-order valence-electron chi connectivity index (χ1n) is 9.91. The standard InChI is InChI=1S/C20H22N6O3/c27-19(23-13-3-7-25-17(9-13)16(12-22-25)20(28)29)15-11-21-26-8-4-14(10-18(15)26)24-5-1-2-6-24/h4,8,10-13H,1-3,5-7,9H2,(H,23,27)(H,28,29). The molecule has 2 aliphatic rings. The van der Waals surface area contributed by atoms with Gasteiger partial charge in [0.1, 0.15) is 5.56 Å². The highest BCUT2D eigenvalue weighted by Gasteiger charge is 2.27. The molecular formula is C20H22N6O3. The van der Waals surface area contributed by atoms with Crippen molar-refractivity contribution in [3.63, 3.8) is 0 Å². The molecule has 1 saturated heterocycles. The molecular weight excluding hydrogens is 372 g/mol. The lowest BCUT2D eigenvalue weighted by atomic mass is 10.0. The molecule has 150 valence electrons. The third-order valence-corrected chi connectivity index (χ3v) is 5.86. The Labute approximate surface area is 166 Å². The number of amides is 1. The first kappa shape index (κ1) is 17.7. The molecule has 29 heavy (non-hydrogen) atoms. The van der Waals surface area contributed by atoms with E-state index in [-0.39, 0.29) is 17.5 Å². The number of rotatable bonds is 4. The average Bonchev–Trinajstić information content (AvgIpc) is 3.45. The van der Waals surface area contributed by atoms with Crippen LogP contribution in [-0.2, 0) is 13.0 Å². The zero-order chi connectivity index (χ0) is 20.0. The normalized spacial score (nSPS) is 18.8. The number of carboxylic acids is 1. The van der Waals surface area contributed by atoms with E-state index in [1.807, 2.05) is 18.3 Å². The lowest BCUT2D eigenvalue weighted by Crippen LogP contribution is -2.40. The Balaban J connectivity index is 1.37. The van der Waals surface area contributed by atoms with Gasteiger partial charge in [0.15, 0.2) is 0 Å². The number of nitrogens with one attached hydrogen (secondary N) is 1. The maximum absolute atomic E-state index is 13.0. The molecule has 0 spiro atoms. The van der Waals surface area contributed by atoms with Gasteiger partial charge in [0.05, 0.1) is 29.2 Å². The molecule has 5 rings (SSSR count). The van der Waals surface area contributed by atoms with Crippen molar-refractivity contribution < 1.29 is 14.7 Å². The van der Waals surface area contributed by atoms with Crippen molar-refractivity contribution in [3.8, 4) is 0 Å². The van der Waals surface area contributed by atoms with Crippen LogP contribution in [0.4, 0.5) is 5.69 Å².